The van der Waals surface area contributed by atoms with E-state index in [2.05, 4.69) is 27.7 Å². The molecule has 0 radical (unpaired) electrons. The molecule has 1 aliphatic rings. The molecule has 25 heavy (non-hydrogen) atoms. The van der Waals surface area contributed by atoms with Crippen molar-refractivity contribution in [2.24, 2.45) is 17.8 Å². The van der Waals surface area contributed by atoms with Crippen LogP contribution in [0.15, 0.2) is 12.1 Å². The fourth-order valence-corrected chi connectivity index (χ4v) is 4.67. The van der Waals surface area contributed by atoms with Gasteiger partial charge in [0, 0.05) is 5.56 Å². The summed E-state index contributed by atoms with van der Waals surface area (Å²) in [5.41, 5.74) is 1.88. The minimum absolute atomic E-state index is 0.280. The van der Waals surface area contributed by atoms with Crippen LogP contribution in [0.5, 0.6) is 11.5 Å². The first-order valence-electron chi connectivity index (χ1n) is 10.5. The van der Waals surface area contributed by atoms with Crippen LogP contribution in [0.25, 0.3) is 0 Å². The Balaban J connectivity index is 2.12. The molecule has 0 spiro atoms. The van der Waals surface area contributed by atoms with Crippen LogP contribution in [0, 0.1) is 17.8 Å². The van der Waals surface area contributed by atoms with Crippen molar-refractivity contribution >= 4 is 0 Å². The molecule has 0 amide bonds. The summed E-state index contributed by atoms with van der Waals surface area (Å²) < 4.78 is 0. The first kappa shape index (κ1) is 20.1. The number of phenols is 2. The van der Waals surface area contributed by atoms with Crippen LogP contribution in [-0.4, -0.2) is 10.2 Å². The van der Waals surface area contributed by atoms with E-state index in [1.165, 1.54) is 38.5 Å². The predicted octanol–water partition coefficient (Wildman–Crippen LogP) is 6.79. The first-order chi connectivity index (χ1) is 11.9. The zero-order valence-corrected chi connectivity index (χ0v) is 16.7. The van der Waals surface area contributed by atoms with Gasteiger partial charge in [-0.15, -0.1) is 0 Å². The summed E-state index contributed by atoms with van der Waals surface area (Å²) in [7, 11) is 0. The molecule has 2 rings (SSSR count). The number of hydrogen-bond donors (Lipinski definition) is 2. The Morgan fingerprint density at radius 1 is 1.00 bits per heavy atom. The van der Waals surface area contributed by atoms with E-state index in [0.29, 0.717) is 29.3 Å². The van der Waals surface area contributed by atoms with Crippen molar-refractivity contribution < 1.29 is 10.2 Å². The Morgan fingerprint density at radius 3 is 2.24 bits per heavy atom. The maximum atomic E-state index is 10.7. The average Bonchev–Trinajstić information content (AvgIpc) is 2.54. The highest BCUT2D eigenvalue weighted by Gasteiger charge is 2.34. The monoisotopic (exact) mass is 346 g/mol. The zero-order valence-electron chi connectivity index (χ0n) is 16.7. The molecule has 0 saturated heterocycles. The molecule has 142 valence electrons. The van der Waals surface area contributed by atoms with Gasteiger partial charge in [-0.3, -0.25) is 0 Å². The van der Waals surface area contributed by atoms with E-state index in [9.17, 15) is 10.2 Å². The van der Waals surface area contributed by atoms with E-state index in [0.717, 1.165) is 30.4 Å². The van der Waals surface area contributed by atoms with Crippen molar-refractivity contribution in [1.82, 2.24) is 0 Å². The van der Waals surface area contributed by atoms with Gasteiger partial charge in [0.2, 0.25) is 0 Å². The van der Waals surface area contributed by atoms with E-state index in [-0.39, 0.29) is 5.92 Å². The molecule has 0 heterocycles. The summed E-state index contributed by atoms with van der Waals surface area (Å²) in [5.74, 6) is 2.70. The second-order valence-corrected chi connectivity index (χ2v) is 8.64. The highest BCUT2D eigenvalue weighted by atomic mass is 16.3. The molecule has 1 saturated carbocycles. The number of phenolic OH excluding ortho intramolecular Hbond substituents is 2. The molecular weight excluding hydrogens is 308 g/mol. The lowest BCUT2D eigenvalue weighted by atomic mass is 9.67. The zero-order chi connectivity index (χ0) is 18.4. The van der Waals surface area contributed by atoms with Gasteiger partial charge >= 0.3 is 0 Å². The second kappa shape index (κ2) is 9.50. The van der Waals surface area contributed by atoms with Gasteiger partial charge in [-0.05, 0) is 67.1 Å². The summed E-state index contributed by atoms with van der Waals surface area (Å²) in [4.78, 5) is 0. The minimum Gasteiger partial charge on any atom is -0.508 e. The normalized spacial score (nSPS) is 24.0. The first-order valence-corrected chi connectivity index (χ1v) is 10.5. The SMILES string of the molecule is CCCCCCCc1cc(O)c([C@@H]2C[C@@H](C)CC[C@H]2C(C)C)c(O)c1. The Hall–Kier alpha value is -1.18. The maximum absolute atomic E-state index is 10.7. The van der Waals surface area contributed by atoms with Crippen molar-refractivity contribution in [2.45, 2.75) is 91.4 Å². The lowest BCUT2D eigenvalue weighted by molar-refractivity contribution is 0.192. The number of hydrogen-bond acceptors (Lipinski definition) is 2. The third kappa shape index (κ3) is 5.39. The Kier molecular flexibility index (Phi) is 7.65. The van der Waals surface area contributed by atoms with Crippen molar-refractivity contribution in [3.8, 4) is 11.5 Å². The number of benzene rings is 1. The number of rotatable bonds is 8. The Bertz CT molecular complexity index is 512. The molecule has 0 aromatic heterocycles. The van der Waals surface area contributed by atoms with Gasteiger partial charge in [0.15, 0.2) is 0 Å². The fraction of sp³-hybridized carbons (Fsp3) is 0.739. The summed E-state index contributed by atoms with van der Waals surface area (Å²) >= 11 is 0. The lowest BCUT2D eigenvalue weighted by Gasteiger charge is -2.38. The molecule has 1 fully saturated rings. The predicted molar refractivity (Wildman–Crippen MR) is 106 cm³/mol. The summed E-state index contributed by atoms with van der Waals surface area (Å²) in [6, 6.07) is 3.82. The third-order valence-electron chi connectivity index (χ3n) is 6.16. The molecule has 2 N–H and O–H groups in total. The van der Waals surface area contributed by atoms with Crippen molar-refractivity contribution in [3.63, 3.8) is 0 Å². The number of aryl methyl sites for hydroxylation is 1. The summed E-state index contributed by atoms with van der Waals surface area (Å²) in [5, 5.41) is 21.4. The smallest absolute Gasteiger partial charge is 0.123 e. The highest BCUT2D eigenvalue weighted by Crippen LogP contribution is 2.49. The van der Waals surface area contributed by atoms with Crippen molar-refractivity contribution in [3.05, 3.63) is 23.3 Å². The Labute approximate surface area is 154 Å². The van der Waals surface area contributed by atoms with Crippen LogP contribution >= 0.6 is 0 Å². The average molecular weight is 347 g/mol. The van der Waals surface area contributed by atoms with Crippen LogP contribution in [0.4, 0.5) is 0 Å². The highest BCUT2D eigenvalue weighted by molar-refractivity contribution is 5.49. The maximum Gasteiger partial charge on any atom is 0.123 e. The number of unbranched alkanes of at least 4 members (excludes halogenated alkanes) is 4. The third-order valence-corrected chi connectivity index (χ3v) is 6.16. The summed E-state index contributed by atoms with van der Waals surface area (Å²) in [6.07, 6.45) is 10.7. The molecule has 1 aromatic carbocycles. The van der Waals surface area contributed by atoms with E-state index in [1.54, 1.807) is 0 Å². The van der Waals surface area contributed by atoms with E-state index in [4.69, 9.17) is 0 Å². The molecule has 0 bridgehead atoms. The number of aromatic hydroxyl groups is 2. The van der Waals surface area contributed by atoms with Gasteiger partial charge in [0.05, 0.1) is 0 Å². The molecule has 3 atom stereocenters. The van der Waals surface area contributed by atoms with Gasteiger partial charge in [0.25, 0.3) is 0 Å². The molecule has 2 nitrogen and oxygen atoms in total. The van der Waals surface area contributed by atoms with Crippen molar-refractivity contribution in [1.29, 1.82) is 0 Å². The standard InChI is InChI=1S/C23H38O2/c1-5-6-7-8-9-10-18-14-21(24)23(22(25)15-18)20-13-17(4)11-12-19(20)16(2)3/h14-17,19-20,24-25H,5-13H2,1-4H3/t17-,19-,20+/m0/s1. The minimum atomic E-state index is 0.280. The molecule has 2 heteroatoms. The Morgan fingerprint density at radius 2 is 1.64 bits per heavy atom. The van der Waals surface area contributed by atoms with Gasteiger partial charge in [-0.1, -0.05) is 59.8 Å². The van der Waals surface area contributed by atoms with Gasteiger partial charge in [-0.25, -0.2) is 0 Å². The van der Waals surface area contributed by atoms with Crippen molar-refractivity contribution in [2.75, 3.05) is 0 Å². The molecule has 0 unspecified atom stereocenters. The molecule has 0 aliphatic heterocycles. The van der Waals surface area contributed by atoms with Crippen LogP contribution < -0.4 is 0 Å². The van der Waals surface area contributed by atoms with Crippen LogP contribution in [0.3, 0.4) is 0 Å². The largest absolute Gasteiger partial charge is 0.508 e. The fourth-order valence-electron chi connectivity index (χ4n) is 4.67. The van der Waals surface area contributed by atoms with Gasteiger partial charge < -0.3 is 10.2 Å². The molecule has 1 aromatic rings. The van der Waals surface area contributed by atoms with Gasteiger partial charge in [0.1, 0.15) is 11.5 Å². The molecular formula is C23H38O2. The second-order valence-electron chi connectivity index (χ2n) is 8.64. The molecule has 1 aliphatic carbocycles. The van der Waals surface area contributed by atoms with E-state index in [1.807, 2.05) is 12.1 Å². The van der Waals surface area contributed by atoms with Crippen LogP contribution in [0.1, 0.15) is 96.1 Å². The van der Waals surface area contributed by atoms with Crippen LogP contribution in [0.2, 0.25) is 0 Å². The quantitative estimate of drug-likeness (QED) is 0.509. The van der Waals surface area contributed by atoms with E-state index >= 15 is 0 Å². The van der Waals surface area contributed by atoms with Crippen LogP contribution in [-0.2, 0) is 6.42 Å². The van der Waals surface area contributed by atoms with E-state index < -0.39 is 0 Å². The lowest BCUT2D eigenvalue weighted by Crippen LogP contribution is -2.26. The topological polar surface area (TPSA) is 40.5 Å². The summed E-state index contributed by atoms with van der Waals surface area (Å²) in [6.45, 7) is 9.06. The van der Waals surface area contributed by atoms with Gasteiger partial charge in [-0.2, -0.15) is 0 Å².